The Kier molecular flexibility index (Phi) is 6.88. The molecule has 146 valence electrons. The first-order valence-electron chi connectivity index (χ1n) is 9.57. The second-order valence-corrected chi connectivity index (χ2v) is 7.87. The molecule has 1 aliphatic heterocycles. The lowest BCUT2D eigenvalue weighted by Gasteiger charge is -2.41. The molecule has 0 radical (unpaired) electrons. The minimum Gasteiger partial charge on any atom is -0.496 e. The average Bonchev–Trinajstić information content (AvgIpc) is 3.22. The third-order valence-electron chi connectivity index (χ3n) is 5.27. The van der Waals surface area contributed by atoms with Gasteiger partial charge in [-0.1, -0.05) is 25.1 Å². The number of piperazine rings is 1. The number of thiophene rings is 1. The van der Waals surface area contributed by atoms with Crippen molar-refractivity contribution in [2.75, 3.05) is 39.8 Å². The van der Waals surface area contributed by atoms with E-state index in [1.807, 2.05) is 18.2 Å². The van der Waals surface area contributed by atoms with E-state index in [-0.39, 0.29) is 18.0 Å². The molecular weight excluding hydrogens is 358 g/mol. The van der Waals surface area contributed by atoms with Gasteiger partial charge in [0.05, 0.1) is 18.7 Å². The summed E-state index contributed by atoms with van der Waals surface area (Å²) in [5, 5.41) is 5.32. The van der Waals surface area contributed by atoms with E-state index in [0.29, 0.717) is 11.3 Å². The van der Waals surface area contributed by atoms with Crippen LogP contribution in [0, 0.1) is 0 Å². The van der Waals surface area contributed by atoms with Gasteiger partial charge in [0.2, 0.25) is 0 Å². The van der Waals surface area contributed by atoms with Crippen molar-refractivity contribution in [3.63, 3.8) is 0 Å². The number of rotatable bonds is 7. The van der Waals surface area contributed by atoms with Crippen molar-refractivity contribution in [3.05, 3.63) is 52.2 Å². The molecule has 2 heterocycles. The van der Waals surface area contributed by atoms with Gasteiger partial charge >= 0.3 is 0 Å². The quantitative estimate of drug-likeness (QED) is 0.792. The number of benzene rings is 1. The molecule has 1 aromatic heterocycles. The van der Waals surface area contributed by atoms with E-state index in [9.17, 15) is 4.79 Å². The number of nitrogens with zero attached hydrogens (tertiary/aromatic N) is 2. The molecule has 0 saturated carbocycles. The van der Waals surface area contributed by atoms with Gasteiger partial charge in [-0.2, -0.15) is 0 Å². The number of nitrogens with one attached hydrogen (secondary N) is 1. The molecule has 27 heavy (non-hydrogen) atoms. The lowest BCUT2D eigenvalue weighted by Crippen LogP contribution is -2.52. The Hall–Kier alpha value is -1.89. The van der Waals surface area contributed by atoms with Crippen molar-refractivity contribution in [3.8, 4) is 5.75 Å². The number of amides is 1. The third-order valence-corrected chi connectivity index (χ3v) is 6.21. The van der Waals surface area contributed by atoms with E-state index >= 15 is 0 Å². The van der Waals surface area contributed by atoms with Crippen LogP contribution in [-0.4, -0.2) is 61.6 Å². The lowest BCUT2D eigenvalue weighted by molar-refractivity contribution is 0.0752. The summed E-state index contributed by atoms with van der Waals surface area (Å²) in [7, 11) is 1.59. The molecule has 0 unspecified atom stereocenters. The van der Waals surface area contributed by atoms with Crippen molar-refractivity contribution < 1.29 is 9.53 Å². The first-order valence-corrected chi connectivity index (χ1v) is 10.5. The van der Waals surface area contributed by atoms with Crippen LogP contribution < -0.4 is 10.1 Å². The zero-order valence-corrected chi connectivity index (χ0v) is 17.2. The van der Waals surface area contributed by atoms with E-state index in [0.717, 1.165) is 32.7 Å². The summed E-state index contributed by atoms with van der Waals surface area (Å²) in [4.78, 5) is 19.2. The van der Waals surface area contributed by atoms with Gasteiger partial charge in [-0.25, -0.2) is 0 Å². The highest BCUT2D eigenvalue weighted by Crippen LogP contribution is 2.30. The predicted molar refractivity (Wildman–Crippen MR) is 111 cm³/mol. The number of hydrogen-bond acceptors (Lipinski definition) is 5. The number of carbonyl (C=O) groups excluding carboxylic acids is 1. The van der Waals surface area contributed by atoms with Gasteiger partial charge in [0.1, 0.15) is 5.75 Å². The number of carbonyl (C=O) groups is 1. The Balaban J connectivity index is 1.75. The maximum atomic E-state index is 12.9. The Morgan fingerprint density at radius 1 is 1.19 bits per heavy atom. The van der Waals surface area contributed by atoms with Crippen LogP contribution in [-0.2, 0) is 0 Å². The summed E-state index contributed by atoms with van der Waals surface area (Å²) >= 11 is 1.76. The van der Waals surface area contributed by atoms with Crippen LogP contribution in [0.25, 0.3) is 0 Å². The van der Waals surface area contributed by atoms with E-state index in [4.69, 9.17) is 4.74 Å². The van der Waals surface area contributed by atoms with E-state index in [2.05, 4.69) is 46.5 Å². The minimum absolute atomic E-state index is 0.00533. The Labute approximate surface area is 165 Å². The third kappa shape index (κ3) is 4.69. The molecule has 0 spiro atoms. The molecule has 1 amide bonds. The van der Waals surface area contributed by atoms with Crippen LogP contribution >= 0.6 is 11.3 Å². The molecule has 1 saturated heterocycles. The second kappa shape index (κ2) is 9.35. The van der Waals surface area contributed by atoms with Gasteiger partial charge in [-0.3, -0.25) is 9.69 Å². The smallest absolute Gasteiger partial charge is 0.255 e. The molecule has 2 atom stereocenters. The molecule has 0 bridgehead atoms. The molecule has 1 aliphatic rings. The second-order valence-electron chi connectivity index (χ2n) is 6.89. The minimum atomic E-state index is -0.0892. The van der Waals surface area contributed by atoms with E-state index in [1.54, 1.807) is 24.5 Å². The highest BCUT2D eigenvalue weighted by molar-refractivity contribution is 7.10. The number of likely N-dealkylation sites (N-methyl/N-ethyl adjacent to an activating group) is 1. The fraction of sp³-hybridized carbons (Fsp3) is 0.476. The van der Waals surface area contributed by atoms with Gasteiger partial charge in [-0.15, -0.1) is 11.3 Å². The summed E-state index contributed by atoms with van der Waals surface area (Å²) in [6.07, 6.45) is 0. The van der Waals surface area contributed by atoms with Crippen LogP contribution in [0.4, 0.5) is 0 Å². The number of methoxy groups -OCH3 is 1. The van der Waals surface area contributed by atoms with Crippen LogP contribution in [0.2, 0.25) is 0 Å². The number of hydrogen-bond donors (Lipinski definition) is 1. The van der Waals surface area contributed by atoms with Crippen molar-refractivity contribution in [2.24, 2.45) is 0 Å². The molecule has 6 heteroatoms. The Morgan fingerprint density at radius 2 is 1.93 bits per heavy atom. The van der Waals surface area contributed by atoms with Gasteiger partial charge < -0.3 is 15.0 Å². The van der Waals surface area contributed by atoms with E-state index in [1.165, 1.54) is 4.88 Å². The topological polar surface area (TPSA) is 44.8 Å². The fourth-order valence-electron chi connectivity index (χ4n) is 3.76. The van der Waals surface area contributed by atoms with Crippen LogP contribution in [0.5, 0.6) is 5.75 Å². The summed E-state index contributed by atoms with van der Waals surface area (Å²) in [5.74, 6) is 0.514. The summed E-state index contributed by atoms with van der Waals surface area (Å²) in [6, 6.07) is 11.8. The lowest BCUT2D eigenvalue weighted by atomic mass is 10.0. The largest absolute Gasteiger partial charge is 0.496 e. The predicted octanol–water partition coefficient (Wildman–Crippen LogP) is 3.25. The zero-order chi connectivity index (χ0) is 19.2. The first kappa shape index (κ1) is 19.9. The number of ether oxygens (including phenoxy) is 1. The number of para-hydroxylation sites is 1. The van der Waals surface area contributed by atoms with Crippen molar-refractivity contribution in [1.82, 2.24) is 15.1 Å². The Morgan fingerprint density at radius 3 is 2.56 bits per heavy atom. The molecule has 1 fully saturated rings. The maximum absolute atomic E-state index is 12.9. The molecular formula is C21H29N3O2S. The summed E-state index contributed by atoms with van der Waals surface area (Å²) in [5.41, 5.74) is 0.576. The average molecular weight is 388 g/mol. The highest BCUT2D eigenvalue weighted by Gasteiger charge is 2.31. The standard InChI is InChI=1S/C21H29N3O2S/c1-4-23-11-13-24(14-12-23)20(19-10-7-15-27-19)16(2)22-21(25)17-8-5-6-9-18(17)26-3/h5-10,15-16,20H,4,11-14H2,1-3H3,(H,22,25)/t16-,20+/m1/s1. The molecule has 2 aromatic rings. The molecule has 1 N–H and O–H groups in total. The van der Waals surface area contributed by atoms with E-state index < -0.39 is 0 Å². The fourth-order valence-corrected chi connectivity index (χ4v) is 4.72. The molecule has 5 nitrogen and oxygen atoms in total. The first-order chi connectivity index (χ1) is 13.1. The zero-order valence-electron chi connectivity index (χ0n) is 16.4. The Bertz CT molecular complexity index is 727. The van der Waals surface area contributed by atoms with Crippen LogP contribution in [0.15, 0.2) is 41.8 Å². The van der Waals surface area contributed by atoms with Gasteiger partial charge in [0.15, 0.2) is 0 Å². The van der Waals surface area contributed by atoms with Crippen molar-refractivity contribution in [1.29, 1.82) is 0 Å². The van der Waals surface area contributed by atoms with Crippen LogP contribution in [0.3, 0.4) is 0 Å². The van der Waals surface area contributed by atoms with Crippen molar-refractivity contribution in [2.45, 2.75) is 25.9 Å². The maximum Gasteiger partial charge on any atom is 0.255 e. The van der Waals surface area contributed by atoms with Gasteiger partial charge in [0.25, 0.3) is 5.91 Å². The van der Waals surface area contributed by atoms with Gasteiger partial charge in [-0.05, 0) is 37.0 Å². The molecule has 1 aromatic carbocycles. The van der Waals surface area contributed by atoms with Crippen LogP contribution in [0.1, 0.15) is 35.1 Å². The monoisotopic (exact) mass is 387 g/mol. The van der Waals surface area contributed by atoms with Gasteiger partial charge in [0, 0.05) is 37.1 Å². The molecule has 0 aliphatic carbocycles. The molecule has 3 rings (SSSR count). The summed E-state index contributed by atoms with van der Waals surface area (Å²) < 4.78 is 5.35. The highest BCUT2D eigenvalue weighted by atomic mass is 32.1. The normalized spacial score (nSPS) is 18.0. The SMILES string of the molecule is CCN1CCN([C@H](c2cccs2)[C@@H](C)NC(=O)c2ccccc2OC)CC1. The summed E-state index contributed by atoms with van der Waals surface area (Å²) in [6.45, 7) is 9.59. The van der Waals surface area contributed by atoms with Crippen molar-refractivity contribution >= 4 is 17.2 Å².